The van der Waals surface area contributed by atoms with Crippen LogP contribution in [-0.4, -0.2) is 46.0 Å². The number of carbonyl (C=O) groups excluding carboxylic acids is 2. The minimum atomic E-state index is -1.01. The molecule has 0 aromatic heterocycles. The van der Waals surface area contributed by atoms with Crippen molar-refractivity contribution in [1.82, 2.24) is 9.80 Å². The highest BCUT2D eigenvalue weighted by molar-refractivity contribution is 5.95. The number of hydrogen-bond donors (Lipinski definition) is 2. The Morgan fingerprint density at radius 2 is 2.06 bits per heavy atom. The number of anilines is 1. The van der Waals surface area contributed by atoms with Crippen LogP contribution in [0, 0.1) is 24.5 Å². The number of benzene rings is 2. The summed E-state index contributed by atoms with van der Waals surface area (Å²) in [4.78, 5) is 28.2. The Kier molecular flexibility index (Phi) is 4.46. The molecule has 1 fully saturated rings. The summed E-state index contributed by atoms with van der Waals surface area (Å²) in [5.41, 5.74) is 3.50. The molecular formula is C23H21F2N3O3. The van der Waals surface area contributed by atoms with Gasteiger partial charge in [0.1, 0.15) is 12.3 Å². The Labute approximate surface area is 177 Å². The molecule has 8 heteroatoms. The Hall–Kier alpha value is -3.42. The lowest BCUT2D eigenvalue weighted by molar-refractivity contribution is -0.132. The monoisotopic (exact) mass is 425 g/mol. The van der Waals surface area contributed by atoms with Crippen molar-refractivity contribution in [1.29, 1.82) is 0 Å². The second-order valence-corrected chi connectivity index (χ2v) is 8.34. The predicted octanol–water partition coefficient (Wildman–Crippen LogP) is 3.64. The molecule has 2 aromatic carbocycles. The SMILES string of the molecule is Cc1cc(O)ccc1C1=C[C@H]2C[C@@H]1CN2C(=O)CN1Cc2c(ccc(F)c2F)NC1=O. The van der Waals surface area contributed by atoms with E-state index in [4.69, 9.17) is 0 Å². The summed E-state index contributed by atoms with van der Waals surface area (Å²) >= 11 is 0. The largest absolute Gasteiger partial charge is 0.508 e. The number of hydrogen-bond acceptors (Lipinski definition) is 3. The van der Waals surface area contributed by atoms with Crippen molar-refractivity contribution < 1.29 is 23.5 Å². The van der Waals surface area contributed by atoms with E-state index in [-0.39, 0.29) is 48.0 Å². The summed E-state index contributed by atoms with van der Waals surface area (Å²) in [6.07, 6.45) is 2.89. The number of phenolic OH excluding ortho intramolecular Hbond substituents is 1. The number of urea groups is 1. The maximum absolute atomic E-state index is 14.1. The normalized spacial score (nSPS) is 21.8. The van der Waals surface area contributed by atoms with Crippen molar-refractivity contribution in [2.75, 3.05) is 18.4 Å². The number of halogens is 2. The molecule has 2 aromatic rings. The summed E-state index contributed by atoms with van der Waals surface area (Å²) in [5, 5.41) is 12.2. The van der Waals surface area contributed by atoms with Gasteiger partial charge in [0.15, 0.2) is 11.6 Å². The van der Waals surface area contributed by atoms with Gasteiger partial charge < -0.3 is 20.2 Å². The first kappa shape index (κ1) is 19.5. The van der Waals surface area contributed by atoms with E-state index in [1.807, 2.05) is 13.0 Å². The maximum Gasteiger partial charge on any atom is 0.322 e. The van der Waals surface area contributed by atoms with Gasteiger partial charge in [-0.25, -0.2) is 13.6 Å². The molecule has 3 aliphatic rings. The molecule has 5 rings (SSSR count). The summed E-state index contributed by atoms with van der Waals surface area (Å²) in [6.45, 7) is 2.13. The van der Waals surface area contributed by atoms with Crippen molar-refractivity contribution in [2.45, 2.75) is 25.9 Å². The van der Waals surface area contributed by atoms with Gasteiger partial charge in [-0.1, -0.05) is 12.1 Å². The Morgan fingerprint density at radius 3 is 2.77 bits per heavy atom. The summed E-state index contributed by atoms with van der Waals surface area (Å²) in [6, 6.07) is 7.00. The zero-order valence-corrected chi connectivity index (χ0v) is 16.9. The number of nitrogens with zero attached hydrogens (tertiary/aromatic N) is 2. The standard InChI is InChI=1S/C23H21F2N3O3/c1-12-6-15(29)2-3-16(12)17-8-14-7-13(17)9-28(14)21(30)11-27-10-18-20(26-23(27)31)5-4-19(24)22(18)25/h2-6,8,13-14,29H,7,9-11H2,1H3,(H,26,31)/t13-,14-/m1/s1. The van der Waals surface area contributed by atoms with Crippen LogP contribution in [0.3, 0.4) is 0 Å². The van der Waals surface area contributed by atoms with E-state index in [9.17, 15) is 23.5 Å². The van der Waals surface area contributed by atoms with Crippen molar-refractivity contribution >= 4 is 23.2 Å². The number of amides is 3. The van der Waals surface area contributed by atoms with E-state index in [1.54, 1.807) is 17.0 Å². The van der Waals surface area contributed by atoms with E-state index in [0.29, 0.717) is 6.54 Å². The Bertz CT molecular complexity index is 1150. The van der Waals surface area contributed by atoms with E-state index in [0.717, 1.165) is 23.6 Å². The van der Waals surface area contributed by atoms with Crippen LogP contribution in [0.25, 0.3) is 5.57 Å². The molecule has 2 atom stereocenters. The Balaban J connectivity index is 1.31. The average molecular weight is 425 g/mol. The molecule has 1 aliphatic carbocycles. The first-order valence-electron chi connectivity index (χ1n) is 10.2. The second kappa shape index (κ2) is 7.08. The lowest BCUT2D eigenvalue weighted by Crippen LogP contribution is -2.47. The van der Waals surface area contributed by atoms with E-state index >= 15 is 0 Å². The Morgan fingerprint density at radius 1 is 1.26 bits per heavy atom. The molecule has 160 valence electrons. The molecule has 2 bridgehead atoms. The van der Waals surface area contributed by atoms with Crippen LogP contribution in [-0.2, 0) is 11.3 Å². The van der Waals surface area contributed by atoms with E-state index < -0.39 is 17.7 Å². The lowest BCUT2D eigenvalue weighted by atomic mass is 9.92. The number of rotatable bonds is 3. The first-order chi connectivity index (χ1) is 14.8. The molecule has 0 unspecified atom stereocenters. The number of carbonyl (C=O) groups is 2. The molecule has 2 heterocycles. The summed E-state index contributed by atoms with van der Waals surface area (Å²) in [7, 11) is 0. The van der Waals surface area contributed by atoms with Crippen LogP contribution in [0.2, 0.25) is 0 Å². The van der Waals surface area contributed by atoms with Gasteiger partial charge in [-0.05, 0) is 54.3 Å². The third kappa shape index (κ3) is 3.22. The summed E-state index contributed by atoms with van der Waals surface area (Å²) < 4.78 is 27.7. The molecular weight excluding hydrogens is 404 g/mol. The van der Waals surface area contributed by atoms with Crippen LogP contribution >= 0.6 is 0 Å². The topological polar surface area (TPSA) is 72.9 Å². The van der Waals surface area contributed by atoms with Crippen LogP contribution in [0.15, 0.2) is 36.4 Å². The maximum atomic E-state index is 14.1. The fraction of sp³-hybridized carbons (Fsp3) is 0.304. The van der Waals surface area contributed by atoms with Crippen LogP contribution in [0.5, 0.6) is 5.75 Å². The average Bonchev–Trinajstić information content (AvgIpc) is 3.33. The van der Waals surface area contributed by atoms with Gasteiger partial charge in [0, 0.05) is 18.0 Å². The first-order valence-corrected chi connectivity index (χ1v) is 10.2. The highest BCUT2D eigenvalue weighted by Gasteiger charge is 2.42. The van der Waals surface area contributed by atoms with Crippen LogP contribution < -0.4 is 5.32 Å². The zero-order valence-electron chi connectivity index (χ0n) is 16.9. The fourth-order valence-corrected chi connectivity index (χ4v) is 4.86. The molecule has 2 aliphatic heterocycles. The van der Waals surface area contributed by atoms with Gasteiger partial charge in [0.2, 0.25) is 5.91 Å². The molecule has 2 N–H and O–H groups in total. The van der Waals surface area contributed by atoms with Gasteiger partial charge >= 0.3 is 6.03 Å². The number of aromatic hydroxyl groups is 1. The third-order valence-electron chi connectivity index (χ3n) is 6.40. The highest BCUT2D eigenvalue weighted by Crippen LogP contribution is 2.43. The number of phenols is 1. The fourth-order valence-electron chi connectivity index (χ4n) is 4.86. The molecule has 0 spiro atoms. The van der Waals surface area contributed by atoms with Crippen molar-refractivity contribution in [3.05, 3.63) is 64.7 Å². The lowest BCUT2D eigenvalue weighted by Gasteiger charge is -2.32. The predicted molar refractivity (Wildman–Crippen MR) is 110 cm³/mol. The van der Waals surface area contributed by atoms with Crippen molar-refractivity contribution in [2.24, 2.45) is 5.92 Å². The van der Waals surface area contributed by atoms with Gasteiger partial charge in [-0.2, -0.15) is 0 Å². The molecule has 0 saturated carbocycles. The number of fused-ring (bicyclic) bond motifs is 3. The van der Waals surface area contributed by atoms with Crippen molar-refractivity contribution in [3.8, 4) is 5.75 Å². The zero-order chi connectivity index (χ0) is 21.9. The molecule has 1 saturated heterocycles. The highest BCUT2D eigenvalue weighted by atomic mass is 19.2. The number of aryl methyl sites for hydroxylation is 1. The molecule has 6 nitrogen and oxygen atoms in total. The van der Waals surface area contributed by atoms with Crippen LogP contribution in [0.4, 0.5) is 19.3 Å². The van der Waals surface area contributed by atoms with Gasteiger partial charge in [0.05, 0.1) is 18.3 Å². The third-order valence-corrected chi connectivity index (χ3v) is 6.40. The van der Waals surface area contributed by atoms with E-state index in [2.05, 4.69) is 11.4 Å². The number of nitrogens with one attached hydrogen (secondary N) is 1. The second-order valence-electron chi connectivity index (χ2n) is 8.34. The van der Waals surface area contributed by atoms with Crippen LogP contribution in [0.1, 0.15) is 23.1 Å². The number of likely N-dealkylation sites (tertiary alicyclic amines) is 1. The smallest absolute Gasteiger partial charge is 0.322 e. The molecule has 31 heavy (non-hydrogen) atoms. The van der Waals surface area contributed by atoms with E-state index in [1.165, 1.54) is 16.5 Å². The molecule has 3 amide bonds. The quantitative estimate of drug-likeness (QED) is 0.789. The van der Waals surface area contributed by atoms with Gasteiger partial charge in [-0.15, -0.1) is 0 Å². The van der Waals surface area contributed by atoms with Crippen molar-refractivity contribution in [3.63, 3.8) is 0 Å². The minimum absolute atomic E-state index is 0.0420. The minimum Gasteiger partial charge on any atom is -0.508 e. The van der Waals surface area contributed by atoms with Gasteiger partial charge in [0.25, 0.3) is 0 Å². The summed E-state index contributed by atoms with van der Waals surface area (Å²) in [5.74, 6) is -1.80. The van der Waals surface area contributed by atoms with Gasteiger partial charge in [-0.3, -0.25) is 4.79 Å². The molecule has 0 radical (unpaired) electrons.